The number of ether oxygens (including phenoxy) is 1. The highest BCUT2D eigenvalue weighted by atomic mass is 16.5. The second-order valence-corrected chi connectivity index (χ2v) is 3.83. The molecular formula is C12H13NO3. The zero-order chi connectivity index (χ0) is 11.5. The Morgan fingerprint density at radius 3 is 2.88 bits per heavy atom. The van der Waals surface area contributed by atoms with Crippen LogP contribution in [0.5, 0.6) is 0 Å². The number of esters is 1. The molecule has 0 fully saturated rings. The molecule has 0 radical (unpaired) electrons. The lowest BCUT2D eigenvalue weighted by Crippen LogP contribution is -2.27. The van der Waals surface area contributed by atoms with Gasteiger partial charge in [0.1, 0.15) is 0 Å². The SMILES string of the molecule is COC(=O)C1CC(=NO)c2ccccc2C1. The van der Waals surface area contributed by atoms with Gasteiger partial charge < -0.3 is 9.94 Å². The molecular weight excluding hydrogens is 206 g/mol. The van der Waals surface area contributed by atoms with E-state index >= 15 is 0 Å². The summed E-state index contributed by atoms with van der Waals surface area (Å²) < 4.78 is 4.72. The lowest BCUT2D eigenvalue weighted by atomic mass is 9.82. The van der Waals surface area contributed by atoms with Crippen molar-refractivity contribution in [3.63, 3.8) is 0 Å². The first kappa shape index (κ1) is 10.7. The van der Waals surface area contributed by atoms with Gasteiger partial charge in [-0.05, 0) is 12.0 Å². The molecule has 0 aliphatic heterocycles. The lowest BCUT2D eigenvalue weighted by molar-refractivity contribution is -0.145. The molecule has 1 aliphatic rings. The molecule has 1 unspecified atom stereocenters. The van der Waals surface area contributed by atoms with Crippen molar-refractivity contribution in [1.82, 2.24) is 0 Å². The summed E-state index contributed by atoms with van der Waals surface area (Å²) in [6.45, 7) is 0. The van der Waals surface area contributed by atoms with Gasteiger partial charge in [0.15, 0.2) is 0 Å². The van der Waals surface area contributed by atoms with E-state index in [9.17, 15) is 4.79 Å². The summed E-state index contributed by atoms with van der Waals surface area (Å²) >= 11 is 0. The summed E-state index contributed by atoms with van der Waals surface area (Å²) in [6, 6.07) is 7.64. The topological polar surface area (TPSA) is 58.9 Å². The molecule has 4 heteroatoms. The first-order valence-electron chi connectivity index (χ1n) is 5.13. The van der Waals surface area contributed by atoms with Crippen LogP contribution < -0.4 is 0 Å². The van der Waals surface area contributed by atoms with Crippen LogP contribution in [-0.4, -0.2) is 24.0 Å². The minimum atomic E-state index is -0.254. The van der Waals surface area contributed by atoms with Gasteiger partial charge in [0, 0.05) is 12.0 Å². The Morgan fingerprint density at radius 1 is 1.44 bits per heavy atom. The smallest absolute Gasteiger partial charge is 0.309 e. The van der Waals surface area contributed by atoms with Crippen molar-refractivity contribution in [1.29, 1.82) is 0 Å². The quantitative estimate of drug-likeness (QED) is 0.443. The Hall–Kier alpha value is -1.84. The standard InChI is InChI=1S/C12H13NO3/c1-16-12(14)9-6-8-4-2-3-5-10(8)11(7-9)13-15/h2-5,9,15H,6-7H2,1H3. The van der Waals surface area contributed by atoms with Gasteiger partial charge in [-0.15, -0.1) is 0 Å². The third-order valence-electron chi connectivity index (χ3n) is 2.89. The molecule has 84 valence electrons. The molecule has 0 bridgehead atoms. The van der Waals surface area contributed by atoms with Gasteiger partial charge in [0.2, 0.25) is 0 Å². The maximum absolute atomic E-state index is 11.5. The Balaban J connectivity index is 2.36. The van der Waals surface area contributed by atoms with Crippen molar-refractivity contribution in [2.75, 3.05) is 7.11 Å². The van der Waals surface area contributed by atoms with Crippen LogP contribution in [0.4, 0.5) is 0 Å². The van der Waals surface area contributed by atoms with E-state index < -0.39 is 0 Å². The molecule has 1 aliphatic carbocycles. The normalized spacial score (nSPS) is 21.6. The van der Waals surface area contributed by atoms with Crippen molar-refractivity contribution < 1.29 is 14.7 Å². The van der Waals surface area contributed by atoms with Crippen molar-refractivity contribution >= 4 is 11.7 Å². The van der Waals surface area contributed by atoms with E-state index in [-0.39, 0.29) is 11.9 Å². The molecule has 0 saturated heterocycles. The second-order valence-electron chi connectivity index (χ2n) is 3.83. The van der Waals surface area contributed by atoms with Crippen LogP contribution >= 0.6 is 0 Å². The van der Waals surface area contributed by atoms with E-state index in [1.807, 2.05) is 24.3 Å². The molecule has 0 aromatic heterocycles. The van der Waals surface area contributed by atoms with Crippen LogP contribution in [0.3, 0.4) is 0 Å². The molecule has 0 heterocycles. The molecule has 0 spiro atoms. The van der Waals surface area contributed by atoms with Crippen LogP contribution in [0.2, 0.25) is 0 Å². The highest BCUT2D eigenvalue weighted by Crippen LogP contribution is 2.26. The van der Waals surface area contributed by atoms with E-state index in [2.05, 4.69) is 5.16 Å². The number of fused-ring (bicyclic) bond motifs is 1. The minimum absolute atomic E-state index is 0.245. The summed E-state index contributed by atoms with van der Waals surface area (Å²) in [5, 5.41) is 12.2. The van der Waals surface area contributed by atoms with Crippen molar-refractivity contribution in [2.45, 2.75) is 12.8 Å². The first-order valence-corrected chi connectivity index (χ1v) is 5.13. The van der Waals surface area contributed by atoms with Gasteiger partial charge in [0.05, 0.1) is 18.7 Å². The zero-order valence-electron chi connectivity index (χ0n) is 9.01. The van der Waals surface area contributed by atoms with Crippen molar-refractivity contribution in [3.8, 4) is 0 Å². The Kier molecular flexibility index (Phi) is 2.90. The molecule has 0 amide bonds. The number of methoxy groups -OCH3 is 1. The highest BCUT2D eigenvalue weighted by Gasteiger charge is 2.29. The fourth-order valence-corrected chi connectivity index (χ4v) is 2.09. The van der Waals surface area contributed by atoms with Crippen LogP contribution in [0.15, 0.2) is 29.4 Å². The number of nitrogens with zero attached hydrogens (tertiary/aromatic N) is 1. The third kappa shape index (κ3) is 1.78. The van der Waals surface area contributed by atoms with E-state index in [1.165, 1.54) is 7.11 Å². The average Bonchev–Trinajstić information content (AvgIpc) is 2.36. The van der Waals surface area contributed by atoms with E-state index in [1.54, 1.807) is 0 Å². The van der Waals surface area contributed by atoms with Crippen molar-refractivity contribution in [3.05, 3.63) is 35.4 Å². The largest absolute Gasteiger partial charge is 0.469 e. The molecule has 1 aromatic carbocycles. The summed E-state index contributed by atoms with van der Waals surface area (Å²) in [4.78, 5) is 11.5. The molecule has 0 saturated carbocycles. The lowest BCUT2D eigenvalue weighted by Gasteiger charge is -2.23. The number of oxime groups is 1. The summed E-state index contributed by atoms with van der Waals surface area (Å²) in [5.74, 6) is -0.499. The van der Waals surface area contributed by atoms with Gasteiger partial charge in [-0.25, -0.2) is 0 Å². The fourth-order valence-electron chi connectivity index (χ4n) is 2.09. The van der Waals surface area contributed by atoms with Crippen molar-refractivity contribution in [2.24, 2.45) is 11.1 Å². The maximum atomic E-state index is 11.5. The molecule has 4 nitrogen and oxygen atoms in total. The molecule has 16 heavy (non-hydrogen) atoms. The highest BCUT2D eigenvalue weighted by molar-refractivity contribution is 6.04. The number of rotatable bonds is 1. The maximum Gasteiger partial charge on any atom is 0.309 e. The van der Waals surface area contributed by atoms with E-state index in [0.717, 1.165) is 11.1 Å². The Bertz CT molecular complexity index is 440. The second kappa shape index (κ2) is 4.35. The summed E-state index contributed by atoms with van der Waals surface area (Å²) in [5.41, 5.74) is 2.50. The van der Waals surface area contributed by atoms with E-state index in [4.69, 9.17) is 9.94 Å². The molecule has 1 atom stereocenters. The van der Waals surface area contributed by atoms with Crippen LogP contribution in [0.25, 0.3) is 0 Å². The minimum Gasteiger partial charge on any atom is -0.469 e. The Labute approximate surface area is 93.5 Å². The predicted octanol–water partition coefficient (Wildman–Crippen LogP) is 1.60. The van der Waals surface area contributed by atoms with Gasteiger partial charge in [-0.1, -0.05) is 29.4 Å². The Morgan fingerprint density at radius 2 is 2.19 bits per heavy atom. The number of hydrogen-bond donors (Lipinski definition) is 1. The van der Waals surface area contributed by atoms with Gasteiger partial charge >= 0.3 is 5.97 Å². The monoisotopic (exact) mass is 219 g/mol. The number of carbonyl (C=O) groups is 1. The third-order valence-corrected chi connectivity index (χ3v) is 2.89. The number of carbonyl (C=O) groups excluding carboxylic acids is 1. The predicted molar refractivity (Wildman–Crippen MR) is 58.6 cm³/mol. The first-order chi connectivity index (χ1) is 7.76. The van der Waals surface area contributed by atoms with Gasteiger partial charge in [-0.2, -0.15) is 0 Å². The fraction of sp³-hybridized carbons (Fsp3) is 0.333. The molecule has 1 N–H and O–H groups in total. The van der Waals surface area contributed by atoms with Crippen LogP contribution in [-0.2, 0) is 16.0 Å². The van der Waals surface area contributed by atoms with Gasteiger partial charge in [0.25, 0.3) is 0 Å². The van der Waals surface area contributed by atoms with Crippen LogP contribution in [0.1, 0.15) is 17.5 Å². The average molecular weight is 219 g/mol. The summed E-state index contributed by atoms with van der Waals surface area (Å²) in [6.07, 6.45) is 1.07. The van der Waals surface area contributed by atoms with Crippen LogP contribution in [0, 0.1) is 5.92 Å². The molecule has 2 rings (SSSR count). The number of benzene rings is 1. The number of hydrogen-bond acceptors (Lipinski definition) is 4. The molecule has 1 aromatic rings. The zero-order valence-corrected chi connectivity index (χ0v) is 9.01. The van der Waals surface area contributed by atoms with Gasteiger partial charge in [-0.3, -0.25) is 4.79 Å². The van der Waals surface area contributed by atoms with E-state index in [0.29, 0.717) is 18.6 Å². The summed E-state index contributed by atoms with van der Waals surface area (Å²) in [7, 11) is 1.37.